The molecule has 0 spiro atoms. The number of benzene rings is 1. The molecule has 0 unspecified atom stereocenters. The highest BCUT2D eigenvalue weighted by Crippen LogP contribution is 2.29. The summed E-state index contributed by atoms with van der Waals surface area (Å²) in [4.78, 5) is 0. The molecule has 0 aliphatic heterocycles. The Kier molecular flexibility index (Phi) is 4.03. The summed E-state index contributed by atoms with van der Waals surface area (Å²) in [5, 5.41) is 22.7. The molecule has 1 aromatic carbocycles. The highest BCUT2D eigenvalue weighted by atomic mass is 32.2. The van der Waals surface area contributed by atoms with Crippen molar-refractivity contribution in [1.29, 1.82) is 0 Å². The lowest BCUT2D eigenvalue weighted by Gasteiger charge is -2.06. The van der Waals surface area contributed by atoms with Crippen LogP contribution in [0.3, 0.4) is 0 Å². The third kappa shape index (κ3) is 3.22. The van der Waals surface area contributed by atoms with Crippen molar-refractivity contribution in [3.8, 4) is 0 Å². The lowest BCUT2D eigenvalue weighted by atomic mass is 10.2. The van der Waals surface area contributed by atoms with E-state index in [9.17, 15) is 13.2 Å². The number of fused-ring (bicyclic) bond motifs is 1. The Labute approximate surface area is 148 Å². The molecular weight excluding hydrogens is 369 g/mol. The van der Waals surface area contributed by atoms with Gasteiger partial charge in [-0.25, -0.2) is 4.68 Å². The van der Waals surface area contributed by atoms with Gasteiger partial charge in [0.15, 0.2) is 5.65 Å². The second kappa shape index (κ2) is 6.37. The molecule has 0 aliphatic carbocycles. The van der Waals surface area contributed by atoms with Crippen molar-refractivity contribution in [2.24, 2.45) is 0 Å². The predicted octanol–water partition coefficient (Wildman–Crippen LogP) is 2.33. The van der Waals surface area contributed by atoms with Crippen LogP contribution in [-0.4, -0.2) is 40.0 Å². The Morgan fingerprint density at radius 1 is 0.962 bits per heavy atom. The average Bonchev–Trinajstić information content (AvgIpc) is 3.22. The van der Waals surface area contributed by atoms with E-state index in [0.717, 1.165) is 17.3 Å². The van der Waals surface area contributed by atoms with Gasteiger partial charge in [-0.15, -0.1) is 15.3 Å². The molecule has 12 heteroatoms. The van der Waals surface area contributed by atoms with E-state index >= 15 is 0 Å². The summed E-state index contributed by atoms with van der Waals surface area (Å²) in [5.74, 6) is -1.18. The maximum Gasteiger partial charge on any atom is 0.453 e. The van der Waals surface area contributed by atoms with Gasteiger partial charge in [-0.3, -0.25) is 0 Å². The van der Waals surface area contributed by atoms with E-state index in [1.807, 2.05) is 30.3 Å². The quantitative estimate of drug-likeness (QED) is 0.539. The van der Waals surface area contributed by atoms with Crippen LogP contribution in [0.15, 0.2) is 52.6 Å². The van der Waals surface area contributed by atoms with Gasteiger partial charge in [-0.1, -0.05) is 30.3 Å². The first kappa shape index (κ1) is 16.4. The first-order valence-electron chi connectivity index (χ1n) is 7.28. The summed E-state index contributed by atoms with van der Waals surface area (Å²) in [6.07, 6.45) is -4.65. The maximum absolute atomic E-state index is 13.0. The highest BCUT2D eigenvalue weighted by Gasteiger charge is 2.37. The zero-order chi connectivity index (χ0) is 18.1. The molecule has 8 nitrogen and oxygen atoms in total. The minimum Gasteiger partial charge on any atom is -0.216 e. The van der Waals surface area contributed by atoms with Gasteiger partial charge in [0, 0.05) is 0 Å². The molecule has 0 aliphatic rings. The Hall–Kier alpha value is -3.02. The number of hydrogen-bond donors (Lipinski definition) is 0. The molecule has 3 aromatic heterocycles. The summed E-state index contributed by atoms with van der Waals surface area (Å²) in [5.41, 5.74) is 0.994. The Balaban J connectivity index is 1.63. The molecule has 0 saturated heterocycles. The summed E-state index contributed by atoms with van der Waals surface area (Å²) >= 11 is 1.05. The van der Waals surface area contributed by atoms with Crippen molar-refractivity contribution in [2.75, 3.05) is 0 Å². The molecule has 0 atom stereocenters. The number of rotatable bonds is 4. The van der Waals surface area contributed by atoms with E-state index in [2.05, 4.69) is 30.8 Å². The van der Waals surface area contributed by atoms with Crippen molar-refractivity contribution in [1.82, 2.24) is 40.0 Å². The van der Waals surface area contributed by atoms with Crippen LogP contribution in [0, 0.1) is 0 Å². The maximum atomic E-state index is 13.0. The normalized spacial score (nSPS) is 12.0. The molecule has 0 saturated carbocycles. The fraction of sp³-hybridized carbons (Fsp3) is 0.143. The fourth-order valence-corrected chi connectivity index (χ4v) is 2.95. The molecule has 0 fully saturated rings. The molecule has 26 heavy (non-hydrogen) atoms. The van der Waals surface area contributed by atoms with Gasteiger partial charge in [0.25, 0.3) is 5.82 Å². The molecule has 0 N–H and O–H groups in total. The zero-order valence-electron chi connectivity index (χ0n) is 12.9. The third-order valence-electron chi connectivity index (χ3n) is 3.36. The minimum atomic E-state index is -4.65. The van der Waals surface area contributed by atoms with Crippen LogP contribution in [0.2, 0.25) is 0 Å². The number of tetrazole rings is 1. The number of hydrogen-bond acceptors (Lipinski definition) is 7. The van der Waals surface area contributed by atoms with Crippen LogP contribution in [0.5, 0.6) is 0 Å². The molecule has 4 aromatic rings. The van der Waals surface area contributed by atoms with Gasteiger partial charge in [-0.05, 0) is 39.9 Å². The fourth-order valence-electron chi connectivity index (χ4n) is 2.22. The van der Waals surface area contributed by atoms with Crippen LogP contribution in [-0.2, 0) is 12.7 Å². The van der Waals surface area contributed by atoms with E-state index in [-0.39, 0.29) is 10.7 Å². The van der Waals surface area contributed by atoms with Crippen LogP contribution < -0.4 is 0 Å². The highest BCUT2D eigenvalue weighted by molar-refractivity contribution is 7.99. The van der Waals surface area contributed by atoms with Crippen LogP contribution in [0.4, 0.5) is 13.2 Å². The lowest BCUT2D eigenvalue weighted by molar-refractivity contribution is -0.146. The van der Waals surface area contributed by atoms with Gasteiger partial charge < -0.3 is 0 Å². The molecule has 4 rings (SSSR count). The molecule has 3 heterocycles. The number of alkyl halides is 3. The van der Waals surface area contributed by atoms with E-state index in [1.165, 1.54) is 12.1 Å². The molecule has 132 valence electrons. The summed E-state index contributed by atoms with van der Waals surface area (Å²) in [6, 6.07) is 12.5. The number of halogens is 3. The van der Waals surface area contributed by atoms with Gasteiger partial charge in [0.05, 0.1) is 6.54 Å². The van der Waals surface area contributed by atoms with E-state index in [1.54, 1.807) is 4.68 Å². The van der Waals surface area contributed by atoms with Crippen LogP contribution >= 0.6 is 11.8 Å². The predicted molar refractivity (Wildman–Crippen MR) is 83.3 cm³/mol. The Bertz CT molecular complexity index is 1040. The smallest absolute Gasteiger partial charge is 0.216 e. The first-order chi connectivity index (χ1) is 12.5. The van der Waals surface area contributed by atoms with Crippen LogP contribution in [0.1, 0.15) is 11.4 Å². The van der Waals surface area contributed by atoms with Crippen molar-refractivity contribution < 1.29 is 13.2 Å². The topological polar surface area (TPSA) is 86.7 Å². The van der Waals surface area contributed by atoms with Crippen molar-refractivity contribution in [3.63, 3.8) is 0 Å². The number of nitrogens with zero attached hydrogens (tertiary/aromatic N) is 8. The zero-order valence-corrected chi connectivity index (χ0v) is 13.7. The molecular formula is C14H9F3N8S. The minimum absolute atomic E-state index is 0.00514. The summed E-state index contributed by atoms with van der Waals surface area (Å²) in [7, 11) is 0. The van der Waals surface area contributed by atoms with Crippen molar-refractivity contribution >= 4 is 17.4 Å². The van der Waals surface area contributed by atoms with Crippen LogP contribution in [0.25, 0.3) is 5.65 Å². The first-order valence-corrected chi connectivity index (χ1v) is 8.10. The van der Waals surface area contributed by atoms with E-state index < -0.39 is 12.0 Å². The number of aromatic nitrogens is 8. The average molecular weight is 378 g/mol. The monoisotopic (exact) mass is 378 g/mol. The Morgan fingerprint density at radius 3 is 2.54 bits per heavy atom. The summed E-state index contributed by atoms with van der Waals surface area (Å²) in [6.45, 7) is 0.429. The third-order valence-corrected chi connectivity index (χ3v) is 4.26. The molecule has 0 radical (unpaired) electrons. The van der Waals surface area contributed by atoms with Crippen molar-refractivity contribution in [3.05, 3.63) is 53.9 Å². The van der Waals surface area contributed by atoms with E-state index in [0.29, 0.717) is 16.2 Å². The molecule has 0 bridgehead atoms. The standard InChI is InChI=1S/C14H9F3N8S/c15-14(16,17)12-19-18-10-6-7-11(21-25(10)12)26-13-20-22-23-24(13)8-9-4-2-1-3-5-9/h1-7H,8H2. The van der Waals surface area contributed by atoms with E-state index in [4.69, 9.17) is 0 Å². The largest absolute Gasteiger partial charge is 0.453 e. The van der Waals surface area contributed by atoms with Crippen molar-refractivity contribution in [2.45, 2.75) is 22.9 Å². The SMILES string of the molecule is FC(F)(F)c1nnc2ccc(Sc3nnnn3Cc3ccccc3)nn12. The second-order valence-electron chi connectivity index (χ2n) is 5.17. The van der Waals surface area contributed by atoms with Gasteiger partial charge in [0.2, 0.25) is 5.16 Å². The Morgan fingerprint density at radius 2 is 1.77 bits per heavy atom. The molecule has 0 amide bonds. The second-order valence-corrected chi connectivity index (χ2v) is 6.16. The van der Waals surface area contributed by atoms with Gasteiger partial charge in [-0.2, -0.15) is 22.8 Å². The van der Waals surface area contributed by atoms with Gasteiger partial charge >= 0.3 is 6.18 Å². The lowest BCUT2D eigenvalue weighted by Crippen LogP contribution is -2.12. The summed E-state index contributed by atoms with van der Waals surface area (Å²) < 4.78 is 41.1. The van der Waals surface area contributed by atoms with Gasteiger partial charge in [0.1, 0.15) is 5.03 Å².